The van der Waals surface area contributed by atoms with Crippen molar-refractivity contribution in [2.24, 2.45) is 5.92 Å². The second kappa shape index (κ2) is 5.35. The van der Waals surface area contributed by atoms with Crippen LogP contribution in [-0.4, -0.2) is 29.9 Å². The Hall–Kier alpha value is -1.30. The van der Waals surface area contributed by atoms with Crippen LogP contribution < -0.4 is 16.0 Å². The van der Waals surface area contributed by atoms with Crippen LogP contribution in [0, 0.1) is 5.92 Å². The lowest BCUT2D eigenvalue weighted by Crippen LogP contribution is -2.37. The fourth-order valence-electron chi connectivity index (χ4n) is 2.07. The summed E-state index contributed by atoms with van der Waals surface area (Å²) < 4.78 is 4.09. The minimum atomic E-state index is 0.0580. The zero-order valence-corrected chi connectivity index (χ0v) is 10.8. The van der Waals surface area contributed by atoms with E-state index < -0.39 is 0 Å². The Labute approximate surface area is 105 Å². The van der Waals surface area contributed by atoms with Crippen LogP contribution in [0.2, 0.25) is 0 Å². The standard InChI is InChI=1S/C11H18N4OS/c1-8(16)13-7-9-2-4-15(5-3-9)11-6-10(12)14-17-11/h6,9H,2-5,7H2,1H3,(H2,12,14)(H,13,16). The zero-order chi connectivity index (χ0) is 12.3. The van der Waals surface area contributed by atoms with Crippen LogP contribution in [0.1, 0.15) is 19.8 Å². The van der Waals surface area contributed by atoms with Gasteiger partial charge >= 0.3 is 0 Å². The van der Waals surface area contributed by atoms with Crippen molar-refractivity contribution in [3.8, 4) is 0 Å². The first-order valence-electron chi connectivity index (χ1n) is 5.86. The molecule has 17 heavy (non-hydrogen) atoms. The van der Waals surface area contributed by atoms with Gasteiger partial charge in [-0.2, -0.15) is 4.37 Å². The summed E-state index contributed by atoms with van der Waals surface area (Å²) in [6, 6.07) is 1.93. The molecule has 0 aliphatic carbocycles. The smallest absolute Gasteiger partial charge is 0.216 e. The lowest BCUT2D eigenvalue weighted by Gasteiger charge is -2.32. The number of nitrogen functional groups attached to an aromatic ring is 1. The van der Waals surface area contributed by atoms with Crippen LogP contribution in [0.25, 0.3) is 0 Å². The number of rotatable bonds is 3. The number of nitrogens with two attached hydrogens (primary N) is 1. The maximum atomic E-state index is 10.8. The zero-order valence-electron chi connectivity index (χ0n) is 9.98. The van der Waals surface area contributed by atoms with Gasteiger partial charge in [0.05, 0.1) is 0 Å². The van der Waals surface area contributed by atoms with E-state index in [1.54, 1.807) is 6.92 Å². The maximum Gasteiger partial charge on any atom is 0.216 e. The molecule has 2 rings (SSSR count). The molecule has 5 nitrogen and oxygen atoms in total. The summed E-state index contributed by atoms with van der Waals surface area (Å²) in [5.74, 6) is 1.26. The van der Waals surface area contributed by atoms with Crippen molar-refractivity contribution >= 4 is 28.3 Å². The Kier molecular flexibility index (Phi) is 3.83. The second-order valence-electron chi connectivity index (χ2n) is 4.46. The van der Waals surface area contributed by atoms with Crippen molar-refractivity contribution in [3.63, 3.8) is 0 Å². The van der Waals surface area contributed by atoms with Crippen molar-refractivity contribution in [2.45, 2.75) is 19.8 Å². The summed E-state index contributed by atoms with van der Waals surface area (Å²) in [6.45, 7) is 4.40. The van der Waals surface area contributed by atoms with Crippen LogP contribution >= 0.6 is 11.5 Å². The Balaban J connectivity index is 1.80. The van der Waals surface area contributed by atoms with E-state index in [1.165, 1.54) is 11.5 Å². The number of piperidine rings is 1. The number of carbonyl (C=O) groups is 1. The molecular formula is C11H18N4OS. The highest BCUT2D eigenvalue weighted by molar-refractivity contribution is 7.10. The van der Waals surface area contributed by atoms with E-state index in [0.29, 0.717) is 11.7 Å². The fraction of sp³-hybridized carbons (Fsp3) is 0.636. The Morgan fingerprint density at radius 2 is 2.35 bits per heavy atom. The average molecular weight is 254 g/mol. The van der Waals surface area contributed by atoms with Gasteiger partial charge in [-0.3, -0.25) is 4.79 Å². The molecule has 1 fully saturated rings. The Morgan fingerprint density at radius 1 is 1.65 bits per heavy atom. The predicted octanol–water partition coefficient (Wildman–Crippen LogP) is 1.08. The van der Waals surface area contributed by atoms with Gasteiger partial charge in [0.25, 0.3) is 0 Å². The third kappa shape index (κ3) is 3.33. The first-order valence-corrected chi connectivity index (χ1v) is 6.64. The number of hydrogen-bond acceptors (Lipinski definition) is 5. The molecule has 94 valence electrons. The van der Waals surface area contributed by atoms with Crippen molar-refractivity contribution in [3.05, 3.63) is 6.07 Å². The molecule has 6 heteroatoms. The van der Waals surface area contributed by atoms with E-state index in [-0.39, 0.29) is 5.91 Å². The summed E-state index contributed by atoms with van der Waals surface area (Å²) in [6.07, 6.45) is 2.22. The molecule has 0 bridgehead atoms. The number of nitrogens with one attached hydrogen (secondary N) is 1. The molecule has 0 spiro atoms. The highest BCUT2D eigenvalue weighted by atomic mass is 32.1. The molecule has 1 aliphatic rings. The topological polar surface area (TPSA) is 71.2 Å². The third-order valence-corrected chi connectivity index (χ3v) is 3.95. The number of nitrogens with zero attached hydrogens (tertiary/aromatic N) is 2. The Morgan fingerprint density at radius 3 is 2.88 bits per heavy atom. The molecule has 0 aromatic carbocycles. The van der Waals surface area contributed by atoms with Crippen LogP contribution in [0.5, 0.6) is 0 Å². The lowest BCUT2D eigenvalue weighted by atomic mass is 9.97. The van der Waals surface area contributed by atoms with Crippen molar-refractivity contribution in [2.75, 3.05) is 30.3 Å². The highest BCUT2D eigenvalue weighted by Gasteiger charge is 2.20. The lowest BCUT2D eigenvalue weighted by molar-refractivity contribution is -0.119. The summed E-state index contributed by atoms with van der Waals surface area (Å²) >= 11 is 1.46. The summed E-state index contributed by atoms with van der Waals surface area (Å²) in [4.78, 5) is 13.2. The van der Waals surface area contributed by atoms with E-state index in [4.69, 9.17) is 5.73 Å². The van der Waals surface area contributed by atoms with Gasteiger partial charge in [0.2, 0.25) is 5.91 Å². The molecule has 3 N–H and O–H groups in total. The maximum absolute atomic E-state index is 10.8. The van der Waals surface area contributed by atoms with Gasteiger partial charge in [0, 0.05) is 32.6 Å². The molecule has 1 aromatic rings. The van der Waals surface area contributed by atoms with E-state index in [0.717, 1.165) is 37.5 Å². The quantitative estimate of drug-likeness (QED) is 0.846. The summed E-state index contributed by atoms with van der Waals surface area (Å²) in [5, 5.41) is 4.04. The SMILES string of the molecule is CC(=O)NCC1CCN(c2cc(N)ns2)CC1. The fourth-order valence-corrected chi connectivity index (χ4v) is 2.80. The van der Waals surface area contributed by atoms with Crippen molar-refractivity contribution in [1.29, 1.82) is 0 Å². The van der Waals surface area contributed by atoms with Gasteiger partial charge in [0.1, 0.15) is 10.8 Å². The highest BCUT2D eigenvalue weighted by Crippen LogP contribution is 2.27. The van der Waals surface area contributed by atoms with Crippen molar-refractivity contribution in [1.82, 2.24) is 9.69 Å². The number of carbonyl (C=O) groups excluding carboxylic acids is 1. The minimum Gasteiger partial charge on any atom is -0.383 e. The minimum absolute atomic E-state index is 0.0580. The molecular weight excluding hydrogens is 236 g/mol. The van der Waals surface area contributed by atoms with Gasteiger partial charge in [-0.1, -0.05) is 0 Å². The first-order chi connectivity index (χ1) is 8.15. The number of aromatic nitrogens is 1. The molecule has 0 unspecified atom stereocenters. The molecule has 2 heterocycles. The van der Waals surface area contributed by atoms with Crippen LogP contribution in [0.3, 0.4) is 0 Å². The van der Waals surface area contributed by atoms with Gasteiger partial charge in [-0.25, -0.2) is 0 Å². The van der Waals surface area contributed by atoms with Crippen molar-refractivity contribution < 1.29 is 4.79 Å². The first kappa shape index (κ1) is 12.2. The molecule has 0 saturated carbocycles. The van der Waals surface area contributed by atoms with E-state index in [1.807, 2.05) is 6.07 Å². The monoisotopic (exact) mass is 254 g/mol. The Bertz CT molecular complexity index is 385. The summed E-state index contributed by atoms with van der Waals surface area (Å²) in [7, 11) is 0. The van der Waals surface area contributed by atoms with Crippen LogP contribution in [0.4, 0.5) is 10.8 Å². The molecule has 1 amide bonds. The molecule has 1 aromatic heterocycles. The summed E-state index contributed by atoms with van der Waals surface area (Å²) in [5.41, 5.74) is 5.62. The second-order valence-corrected chi connectivity index (χ2v) is 5.24. The van der Waals surface area contributed by atoms with E-state index in [9.17, 15) is 4.79 Å². The van der Waals surface area contributed by atoms with Gasteiger partial charge in [-0.15, -0.1) is 0 Å². The largest absolute Gasteiger partial charge is 0.383 e. The molecule has 1 aliphatic heterocycles. The molecule has 1 saturated heterocycles. The predicted molar refractivity (Wildman–Crippen MR) is 70.1 cm³/mol. The van der Waals surface area contributed by atoms with E-state index in [2.05, 4.69) is 14.6 Å². The normalized spacial score (nSPS) is 17.1. The molecule has 0 radical (unpaired) electrons. The van der Waals surface area contributed by atoms with Gasteiger partial charge in [-0.05, 0) is 30.3 Å². The van der Waals surface area contributed by atoms with Gasteiger partial charge in [0.15, 0.2) is 0 Å². The number of amides is 1. The number of anilines is 2. The third-order valence-electron chi connectivity index (χ3n) is 3.08. The molecule has 0 atom stereocenters. The average Bonchev–Trinajstić information content (AvgIpc) is 2.74. The number of hydrogen-bond donors (Lipinski definition) is 2. The van der Waals surface area contributed by atoms with Gasteiger partial charge < -0.3 is 16.0 Å². The van der Waals surface area contributed by atoms with Crippen LogP contribution in [-0.2, 0) is 4.79 Å². The van der Waals surface area contributed by atoms with E-state index >= 15 is 0 Å². The van der Waals surface area contributed by atoms with Crippen LogP contribution in [0.15, 0.2) is 6.07 Å².